The Kier molecular flexibility index (Phi) is 3.04. The molecule has 2 nitrogen and oxygen atoms in total. The second kappa shape index (κ2) is 4.49. The highest BCUT2D eigenvalue weighted by molar-refractivity contribution is 5.98. The van der Waals surface area contributed by atoms with Gasteiger partial charge in [-0.15, -0.1) is 0 Å². The molecule has 0 fully saturated rings. The predicted molar refractivity (Wildman–Crippen MR) is 57.8 cm³/mol. The lowest BCUT2D eigenvalue weighted by atomic mass is 10.0. The average molecular weight is 236 g/mol. The number of carbonyl (C=O) groups excluding carboxylic acids is 1. The first-order valence-corrected chi connectivity index (χ1v) is 5.10. The standard InChI is InChI=1S/C13H10F2O2/c1-8-10(5-6-17-8)12(16)7-9-3-2-4-11(14)13(9)15/h2-6H,7H2,1H3. The van der Waals surface area contributed by atoms with Crippen LogP contribution in [0.4, 0.5) is 8.78 Å². The quantitative estimate of drug-likeness (QED) is 0.765. The van der Waals surface area contributed by atoms with E-state index >= 15 is 0 Å². The van der Waals surface area contributed by atoms with E-state index in [0.29, 0.717) is 11.3 Å². The van der Waals surface area contributed by atoms with Gasteiger partial charge in [0, 0.05) is 6.42 Å². The van der Waals surface area contributed by atoms with Gasteiger partial charge in [0.1, 0.15) is 5.76 Å². The van der Waals surface area contributed by atoms with Crippen LogP contribution >= 0.6 is 0 Å². The van der Waals surface area contributed by atoms with Crippen molar-refractivity contribution in [3.05, 3.63) is 59.1 Å². The summed E-state index contributed by atoms with van der Waals surface area (Å²) in [6.45, 7) is 1.65. The maximum Gasteiger partial charge on any atom is 0.170 e. The van der Waals surface area contributed by atoms with Crippen molar-refractivity contribution in [2.24, 2.45) is 0 Å². The molecule has 0 spiro atoms. The third kappa shape index (κ3) is 2.25. The fraction of sp³-hybridized carbons (Fsp3) is 0.154. The Morgan fingerprint density at radius 1 is 1.29 bits per heavy atom. The van der Waals surface area contributed by atoms with Crippen LogP contribution in [0.2, 0.25) is 0 Å². The summed E-state index contributed by atoms with van der Waals surface area (Å²) in [7, 11) is 0. The number of benzene rings is 1. The molecule has 1 aromatic carbocycles. The van der Waals surface area contributed by atoms with E-state index in [1.165, 1.54) is 24.5 Å². The summed E-state index contributed by atoms with van der Waals surface area (Å²) in [6.07, 6.45) is 1.22. The lowest BCUT2D eigenvalue weighted by Gasteiger charge is -2.02. The van der Waals surface area contributed by atoms with Crippen molar-refractivity contribution >= 4 is 5.78 Å². The van der Waals surface area contributed by atoms with Crippen molar-refractivity contribution in [1.82, 2.24) is 0 Å². The topological polar surface area (TPSA) is 30.2 Å². The largest absolute Gasteiger partial charge is 0.469 e. The Labute approximate surface area is 96.9 Å². The minimum atomic E-state index is -0.970. The van der Waals surface area contributed by atoms with Gasteiger partial charge in [-0.3, -0.25) is 4.79 Å². The smallest absolute Gasteiger partial charge is 0.170 e. The summed E-state index contributed by atoms with van der Waals surface area (Å²) < 4.78 is 31.3. The van der Waals surface area contributed by atoms with Crippen LogP contribution in [0.5, 0.6) is 0 Å². The molecule has 0 aliphatic rings. The molecule has 2 rings (SSSR count). The van der Waals surface area contributed by atoms with Crippen LogP contribution < -0.4 is 0 Å². The fourth-order valence-corrected chi connectivity index (χ4v) is 1.63. The Hall–Kier alpha value is -1.97. The molecule has 0 aliphatic carbocycles. The van der Waals surface area contributed by atoms with Crippen LogP contribution in [0.25, 0.3) is 0 Å². The monoisotopic (exact) mass is 236 g/mol. The van der Waals surface area contributed by atoms with E-state index in [-0.39, 0.29) is 17.8 Å². The second-order valence-electron chi connectivity index (χ2n) is 3.70. The number of rotatable bonds is 3. The molecule has 0 atom stereocenters. The van der Waals surface area contributed by atoms with Crippen LogP contribution in [0.3, 0.4) is 0 Å². The number of halogens is 2. The fourth-order valence-electron chi connectivity index (χ4n) is 1.63. The molecule has 0 saturated heterocycles. The second-order valence-corrected chi connectivity index (χ2v) is 3.70. The maximum absolute atomic E-state index is 13.4. The molecular formula is C13H10F2O2. The van der Waals surface area contributed by atoms with Crippen LogP contribution in [-0.4, -0.2) is 5.78 Å². The number of ketones is 1. The van der Waals surface area contributed by atoms with E-state index < -0.39 is 11.6 Å². The van der Waals surface area contributed by atoms with Crippen molar-refractivity contribution in [1.29, 1.82) is 0 Å². The van der Waals surface area contributed by atoms with E-state index in [1.54, 1.807) is 6.92 Å². The third-order valence-electron chi connectivity index (χ3n) is 2.54. The van der Waals surface area contributed by atoms with Crippen molar-refractivity contribution in [2.45, 2.75) is 13.3 Å². The normalized spacial score (nSPS) is 10.5. The zero-order valence-electron chi connectivity index (χ0n) is 9.17. The molecule has 88 valence electrons. The number of Topliss-reactive ketones (excluding diaryl/α,β-unsaturated/α-hetero) is 1. The molecule has 0 saturated carbocycles. The van der Waals surface area contributed by atoms with E-state index in [9.17, 15) is 13.6 Å². The zero-order chi connectivity index (χ0) is 12.4. The van der Waals surface area contributed by atoms with E-state index in [4.69, 9.17) is 4.42 Å². The number of hydrogen-bond donors (Lipinski definition) is 0. The summed E-state index contributed by atoms with van der Waals surface area (Å²) in [6, 6.07) is 5.32. The molecule has 0 bridgehead atoms. The number of furan rings is 1. The lowest BCUT2D eigenvalue weighted by Crippen LogP contribution is -2.06. The first kappa shape index (κ1) is 11.5. The summed E-state index contributed by atoms with van der Waals surface area (Å²) >= 11 is 0. The molecular weight excluding hydrogens is 226 g/mol. The lowest BCUT2D eigenvalue weighted by molar-refractivity contribution is 0.0990. The molecule has 0 amide bonds. The third-order valence-corrected chi connectivity index (χ3v) is 2.54. The summed E-state index contributed by atoms with van der Waals surface area (Å²) in [4.78, 5) is 11.8. The molecule has 0 radical (unpaired) electrons. The highest BCUT2D eigenvalue weighted by Gasteiger charge is 2.15. The highest BCUT2D eigenvalue weighted by atomic mass is 19.2. The highest BCUT2D eigenvalue weighted by Crippen LogP contribution is 2.16. The van der Waals surface area contributed by atoms with Gasteiger partial charge in [-0.25, -0.2) is 8.78 Å². The Balaban J connectivity index is 2.25. The van der Waals surface area contributed by atoms with Gasteiger partial charge in [-0.1, -0.05) is 12.1 Å². The Morgan fingerprint density at radius 2 is 2.06 bits per heavy atom. The Morgan fingerprint density at radius 3 is 2.71 bits per heavy atom. The van der Waals surface area contributed by atoms with Gasteiger partial charge < -0.3 is 4.42 Å². The van der Waals surface area contributed by atoms with E-state index in [0.717, 1.165) is 6.07 Å². The molecule has 0 unspecified atom stereocenters. The molecule has 0 aliphatic heterocycles. The van der Waals surface area contributed by atoms with Gasteiger partial charge in [0.15, 0.2) is 17.4 Å². The van der Waals surface area contributed by atoms with Crippen molar-refractivity contribution in [3.8, 4) is 0 Å². The van der Waals surface area contributed by atoms with Gasteiger partial charge in [0.05, 0.1) is 11.8 Å². The van der Waals surface area contributed by atoms with E-state index in [1.807, 2.05) is 0 Å². The predicted octanol–water partition coefficient (Wildman–Crippen LogP) is 3.29. The van der Waals surface area contributed by atoms with Gasteiger partial charge in [0.2, 0.25) is 0 Å². The van der Waals surface area contributed by atoms with Crippen molar-refractivity contribution < 1.29 is 18.0 Å². The number of hydrogen-bond acceptors (Lipinski definition) is 2. The summed E-state index contributed by atoms with van der Waals surface area (Å²) in [5.41, 5.74) is 0.448. The molecule has 4 heteroatoms. The van der Waals surface area contributed by atoms with Gasteiger partial charge in [0.25, 0.3) is 0 Å². The SMILES string of the molecule is Cc1occc1C(=O)Cc1cccc(F)c1F. The first-order valence-electron chi connectivity index (χ1n) is 5.10. The van der Waals surface area contributed by atoms with Crippen LogP contribution in [0.15, 0.2) is 34.9 Å². The van der Waals surface area contributed by atoms with Crippen molar-refractivity contribution in [3.63, 3.8) is 0 Å². The molecule has 1 heterocycles. The Bertz CT molecular complexity index is 558. The number of aryl methyl sites for hydroxylation is 1. The van der Waals surface area contributed by atoms with E-state index in [2.05, 4.69) is 0 Å². The molecule has 1 aromatic heterocycles. The minimum Gasteiger partial charge on any atom is -0.469 e. The summed E-state index contributed by atoms with van der Waals surface area (Å²) in [5.74, 6) is -1.73. The van der Waals surface area contributed by atoms with Crippen molar-refractivity contribution in [2.75, 3.05) is 0 Å². The average Bonchev–Trinajstić information content (AvgIpc) is 2.71. The van der Waals surface area contributed by atoms with Gasteiger partial charge in [-0.05, 0) is 24.6 Å². The van der Waals surface area contributed by atoms with Crippen LogP contribution in [0, 0.1) is 18.6 Å². The van der Waals surface area contributed by atoms with Crippen LogP contribution in [-0.2, 0) is 6.42 Å². The van der Waals surface area contributed by atoms with Gasteiger partial charge in [-0.2, -0.15) is 0 Å². The number of carbonyl (C=O) groups is 1. The first-order chi connectivity index (χ1) is 8.09. The molecule has 17 heavy (non-hydrogen) atoms. The molecule has 2 aromatic rings. The van der Waals surface area contributed by atoms with Crippen LogP contribution in [0.1, 0.15) is 21.7 Å². The maximum atomic E-state index is 13.4. The zero-order valence-corrected chi connectivity index (χ0v) is 9.17. The minimum absolute atomic E-state index is 0.0515. The summed E-state index contributed by atoms with van der Waals surface area (Å²) in [5, 5.41) is 0. The van der Waals surface area contributed by atoms with Gasteiger partial charge >= 0.3 is 0 Å². The molecule has 0 N–H and O–H groups in total.